The Morgan fingerprint density at radius 1 is 0.597 bits per heavy atom. The van der Waals surface area contributed by atoms with Crippen LogP contribution in [0.2, 0.25) is 0 Å². The van der Waals surface area contributed by atoms with Crippen molar-refractivity contribution in [2.45, 2.75) is 223 Å². The third-order valence-electron chi connectivity index (χ3n) is 10.8. The molecule has 1 aliphatic carbocycles. The minimum atomic E-state index is -5.15. The molecule has 9 atom stereocenters. The highest BCUT2D eigenvalue weighted by Gasteiger charge is 2.51. The normalized spacial score (nSPS) is 22.8. The number of hydrogen-bond donors (Lipinski definition) is 7. The van der Waals surface area contributed by atoms with Crippen molar-refractivity contribution in [3.05, 3.63) is 48.6 Å². The van der Waals surface area contributed by atoms with Gasteiger partial charge in [0.1, 0.15) is 43.2 Å². The van der Waals surface area contributed by atoms with Gasteiger partial charge in [-0.2, -0.15) is 0 Å². The summed E-state index contributed by atoms with van der Waals surface area (Å²) in [6, 6.07) is 0. The van der Waals surface area contributed by atoms with Gasteiger partial charge in [-0.3, -0.25) is 18.6 Å². The first-order valence-electron chi connectivity index (χ1n) is 23.5. The van der Waals surface area contributed by atoms with E-state index in [0.717, 1.165) is 70.6 Å². The molecule has 0 spiro atoms. The van der Waals surface area contributed by atoms with Gasteiger partial charge in [-0.1, -0.05) is 152 Å². The van der Waals surface area contributed by atoms with Crippen LogP contribution in [0.5, 0.6) is 0 Å². The molecule has 7 N–H and O–H groups in total. The van der Waals surface area contributed by atoms with Crippen LogP contribution in [0.4, 0.5) is 0 Å². The lowest BCUT2D eigenvalue weighted by molar-refractivity contribution is -0.220. The SMILES string of the molecule is CC/C=C/C/C=C/C=C/C(O)CCCCCCCC(=O)O[C@H](COC(=O)CCCCCCCCC/C=C\CCCCCCCC)COP(=O)(O)OC1[C@H](O)[C@H](O)C(O)[C@H](O)[C@H]1O. The second kappa shape index (κ2) is 37.0. The third kappa shape index (κ3) is 29.3. The molecule has 15 heteroatoms. The lowest BCUT2D eigenvalue weighted by Crippen LogP contribution is -2.64. The molecule has 0 amide bonds. The molecule has 62 heavy (non-hydrogen) atoms. The van der Waals surface area contributed by atoms with E-state index in [9.17, 15) is 49.7 Å². The van der Waals surface area contributed by atoms with Crippen molar-refractivity contribution in [3.8, 4) is 0 Å². The summed E-state index contributed by atoms with van der Waals surface area (Å²) in [5, 5.41) is 60.3. The molecule has 1 aliphatic rings. The highest BCUT2D eigenvalue weighted by molar-refractivity contribution is 7.47. The molecule has 360 valence electrons. The van der Waals surface area contributed by atoms with Crippen LogP contribution in [0.3, 0.4) is 0 Å². The predicted octanol–water partition coefficient (Wildman–Crippen LogP) is 8.14. The number of allylic oxidation sites excluding steroid dienone is 7. The molecular formula is C47H83O14P. The predicted molar refractivity (Wildman–Crippen MR) is 241 cm³/mol. The van der Waals surface area contributed by atoms with Crippen molar-refractivity contribution < 1.29 is 68.2 Å². The summed E-state index contributed by atoms with van der Waals surface area (Å²) in [6.07, 6.45) is 26.0. The Morgan fingerprint density at radius 2 is 1.11 bits per heavy atom. The summed E-state index contributed by atoms with van der Waals surface area (Å²) in [6.45, 7) is 3.08. The van der Waals surface area contributed by atoms with Crippen LogP contribution in [0.1, 0.15) is 174 Å². The van der Waals surface area contributed by atoms with Crippen LogP contribution in [-0.4, -0.2) is 110 Å². The molecular weight excluding hydrogens is 819 g/mol. The van der Waals surface area contributed by atoms with E-state index in [4.69, 9.17) is 18.5 Å². The Labute approximate surface area is 372 Å². The van der Waals surface area contributed by atoms with Gasteiger partial charge in [-0.15, -0.1) is 0 Å². The number of aliphatic hydroxyl groups is 6. The number of rotatable bonds is 38. The van der Waals surface area contributed by atoms with E-state index in [1.54, 1.807) is 6.08 Å². The fraction of sp³-hybridized carbons (Fsp3) is 0.787. The van der Waals surface area contributed by atoms with Gasteiger partial charge in [0, 0.05) is 12.8 Å². The van der Waals surface area contributed by atoms with E-state index < -0.39 is 81.8 Å². The molecule has 1 fully saturated rings. The molecule has 1 saturated carbocycles. The fourth-order valence-corrected chi connectivity index (χ4v) is 7.91. The van der Waals surface area contributed by atoms with Crippen molar-refractivity contribution in [3.63, 3.8) is 0 Å². The van der Waals surface area contributed by atoms with Crippen LogP contribution in [0, 0.1) is 0 Å². The first kappa shape index (κ1) is 57.8. The number of carbonyl (C=O) groups is 2. The number of aliphatic hydroxyl groups excluding tert-OH is 6. The number of phosphoric acid groups is 1. The number of ether oxygens (including phenoxy) is 2. The number of unbranched alkanes of at least 4 members (excludes halogenated alkanes) is 17. The Kier molecular flexibility index (Phi) is 34.5. The summed E-state index contributed by atoms with van der Waals surface area (Å²) in [5.74, 6) is -1.18. The second-order valence-electron chi connectivity index (χ2n) is 16.4. The van der Waals surface area contributed by atoms with Gasteiger partial charge in [-0.25, -0.2) is 4.57 Å². The summed E-state index contributed by atoms with van der Waals surface area (Å²) < 4.78 is 33.5. The average Bonchev–Trinajstić information content (AvgIpc) is 3.25. The molecule has 4 unspecified atom stereocenters. The van der Waals surface area contributed by atoms with Crippen LogP contribution >= 0.6 is 7.82 Å². The van der Waals surface area contributed by atoms with Crippen LogP contribution in [0.15, 0.2) is 48.6 Å². The maximum atomic E-state index is 12.8. The lowest BCUT2D eigenvalue weighted by atomic mass is 9.85. The maximum Gasteiger partial charge on any atom is 0.472 e. The number of hydrogen-bond acceptors (Lipinski definition) is 13. The first-order valence-corrected chi connectivity index (χ1v) is 25.0. The van der Waals surface area contributed by atoms with Crippen molar-refractivity contribution in [1.82, 2.24) is 0 Å². The summed E-state index contributed by atoms with van der Waals surface area (Å²) >= 11 is 0. The number of esters is 2. The maximum absolute atomic E-state index is 12.8. The van der Waals surface area contributed by atoms with Crippen LogP contribution < -0.4 is 0 Å². The Balaban J connectivity index is 2.49. The second-order valence-corrected chi connectivity index (χ2v) is 17.8. The first-order chi connectivity index (χ1) is 29.8. The molecule has 14 nitrogen and oxygen atoms in total. The minimum Gasteiger partial charge on any atom is -0.462 e. The van der Waals surface area contributed by atoms with Crippen molar-refractivity contribution in [2.75, 3.05) is 13.2 Å². The van der Waals surface area contributed by atoms with Gasteiger partial charge in [0.05, 0.1) is 12.7 Å². The summed E-state index contributed by atoms with van der Waals surface area (Å²) in [5.41, 5.74) is 0. The van der Waals surface area contributed by atoms with Crippen molar-refractivity contribution in [1.29, 1.82) is 0 Å². The minimum absolute atomic E-state index is 0.0252. The Hall–Kier alpha value is -2.23. The average molecular weight is 903 g/mol. The fourth-order valence-electron chi connectivity index (χ4n) is 6.94. The van der Waals surface area contributed by atoms with E-state index in [-0.39, 0.29) is 12.8 Å². The van der Waals surface area contributed by atoms with Gasteiger partial charge >= 0.3 is 19.8 Å². The highest BCUT2D eigenvalue weighted by Crippen LogP contribution is 2.47. The van der Waals surface area contributed by atoms with Crippen LogP contribution in [0.25, 0.3) is 0 Å². The monoisotopic (exact) mass is 903 g/mol. The topological polar surface area (TPSA) is 230 Å². The molecule has 0 aliphatic heterocycles. The standard InChI is InChI=1S/C47H83O14P/c1-3-5-7-9-11-12-13-14-15-16-17-18-19-20-22-26-30-34-40(49)58-36-39(37-59-62(56,57)61-47-45(54)43(52)42(51)44(53)46(47)55)60-41(50)35-31-27-23-25-29-33-38(48)32-28-24-21-10-8-6-4-2/h6,8,14-15,21,24,28,32,38-39,42-48,51-55H,3-5,7,9-13,16-20,22-23,25-27,29-31,33-37H2,1-2H3,(H,56,57)/b8-6+,15-14-,24-21+,32-28+/t38?,39-,42?,43-,44+,45-,46-,47?/m1/s1. The van der Waals surface area contributed by atoms with Crippen molar-refractivity contribution in [2.24, 2.45) is 0 Å². The van der Waals surface area contributed by atoms with E-state index in [2.05, 4.69) is 38.2 Å². The van der Waals surface area contributed by atoms with E-state index >= 15 is 0 Å². The highest BCUT2D eigenvalue weighted by atomic mass is 31.2. The molecule has 0 aromatic carbocycles. The van der Waals surface area contributed by atoms with Gasteiger partial charge in [0.15, 0.2) is 6.10 Å². The lowest BCUT2D eigenvalue weighted by Gasteiger charge is -2.41. The third-order valence-corrected chi connectivity index (χ3v) is 11.7. The Morgan fingerprint density at radius 3 is 1.69 bits per heavy atom. The van der Waals surface area contributed by atoms with E-state index in [0.29, 0.717) is 19.3 Å². The Bertz CT molecular complexity index is 1290. The summed E-state index contributed by atoms with van der Waals surface area (Å²) in [4.78, 5) is 35.7. The molecule has 0 aromatic rings. The molecule has 0 radical (unpaired) electrons. The molecule has 0 heterocycles. The molecule has 0 saturated heterocycles. The number of carbonyl (C=O) groups excluding carboxylic acids is 2. The van der Waals surface area contributed by atoms with Gasteiger partial charge < -0.3 is 45.0 Å². The van der Waals surface area contributed by atoms with E-state index in [1.807, 2.05) is 18.2 Å². The quantitative estimate of drug-likeness (QED) is 0.0102. The van der Waals surface area contributed by atoms with Gasteiger partial charge in [-0.05, 0) is 57.8 Å². The zero-order chi connectivity index (χ0) is 45.9. The zero-order valence-corrected chi connectivity index (χ0v) is 38.7. The van der Waals surface area contributed by atoms with Crippen LogP contribution in [-0.2, 0) is 32.7 Å². The van der Waals surface area contributed by atoms with Crippen molar-refractivity contribution >= 4 is 19.8 Å². The number of phosphoric ester groups is 1. The smallest absolute Gasteiger partial charge is 0.462 e. The molecule has 0 aromatic heterocycles. The molecule has 1 rings (SSSR count). The van der Waals surface area contributed by atoms with E-state index in [1.165, 1.54) is 57.8 Å². The van der Waals surface area contributed by atoms with Gasteiger partial charge in [0.25, 0.3) is 0 Å². The summed E-state index contributed by atoms with van der Waals surface area (Å²) in [7, 11) is -5.15. The molecule has 0 bridgehead atoms. The van der Waals surface area contributed by atoms with Gasteiger partial charge in [0.2, 0.25) is 0 Å². The largest absolute Gasteiger partial charge is 0.472 e. The zero-order valence-electron chi connectivity index (χ0n) is 37.8.